The molecule has 0 bridgehead atoms. The molecule has 0 aromatic carbocycles. The maximum atomic E-state index is 12.9. The van der Waals surface area contributed by atoms with E-state index in [1.165, 1.54) is 11.0 Å². The number of ether oxygens (including phenoxy) is 1. The third-order valence-electron chi connectivity index (χ3n) is 3.87. The Hall–Kier alpha value is -2.37. The summed E-state index contributed by atoms with van der Waals surface area (Å²) < 4.78 is 66.8. The lowest BCUT2D eigenvalue weighted by Crippen LogP contribution is -2.50. The maximum absolute atomic E-state index is 12.9. The molecule has 27 heavy (non-hydrogen) atoms. The van der Waals surface area contributed by atoms with Crippen LogP contribution in [0.1, 0.15) is 30.1 Å². The second-order valence-corrected chi connectivity index (χ2v) is 7.62. The molecule has 2 heterocycles. The van der Waals surface area contributed by atoms with Gasteiger partial charge in [-0.3, -0.25) is 4.79 Å². The first-order valence-corrected chi connectivity index (χ1v) is 9.55. The van der Waals surface area contributed by atoms with Crippen LogP contribution in [0.5, 0.6) is 0 Å². The van der Waals surface area contributed by atoms with Crippen LogP contribution in [0.15, 0.2) is 23.4 Å². The highest BCUT2D eigenvalue weighted by molar-refractivity contribution is 7.92. The Morgan fingerprint density at radius 2 is 2.11 bits per heavy atom. The molecule has 1 fully saturated rings. The van der Waals surface area contributed by atoms with Crippen molar-refractivity contribution >= 4 is 21.8 Å². The SMILES string of the molecule is CCOC(=O)NC1CCCN(C(=O)c2cccnc2S(=O)(=O)C(F)(F)F)C1. The van der Waals surface area contributed by atoms with Crippen molar-refractivity contribution in [3.05, 3.63) is 23.9 Å². The Balaban J connectivity index is 2.25. The molecule has 1 N–H and O–H groups in total. The van der Waals surface area contributed by atoms with E-state index in [1.807, 2.05) is 0 Å². The van der Waals surface area contributed by atoms with Gasteiger partial charge in [0.25, 0.3) is 15.7 Å². The highest BCUT2D eigenvalue weighted by Gasteiger charge is 2.49. The van der Waals surface area contributed by atoms with E-state index in [4.69, 9.17) is 4.74 Å². The zero-order valence-electron chi connectivity index (χ0n) is 14.3. The molecular formula is C15H18F3N3O5S. The molecule has 1 aromatic rings. The Bertz CT molecular complexity index is 813. The smallest absolute Gasteiger partial charge is 0.450 e. The van der Waals surface area contributed by atoms with Crippen molar-refractivity contribution in [2.24, 2.45) is 0 Å². The van der Waals surface area contributed by atoms with Crippen LogP contribution in [0.25, 0.3) is 0 Å². The van der Waals surface area contributed by atoms with Crippen LogP contribution in [-0.4, -0.2) is 61.5 Å². The number of carbonyl (C=O) groups is 2. The van der Waals surface area contributed by atoms with Gasteiger partial charge in [0.1, 0.15) is 0 Å². The van der Waals surface area contributed by atoms with Crippen molar-refractivity contribution in [1.29, 1.82) is 0 Å². The van der Waals surface area contributed by atoms with Gasteiger partial charge in [0.15, 0.2) is 5.03 Å². The predicted molar refractivity (Wildman–Crippen MR) is 86.6 cm³/mol. The highest BCUT2D eigenvalue weighted by atomic mass is 32.2. The first-order valence-electron chi connectivity index (χ1n) is 8.07. The van der Waals surface area contributed by atoms with Crippen LogP contribution in [0.4, 0.5) is 18.0 Å². The molecule has 2 amide bonds. The number of nitrogens with one attached hydrogen (secondary N) is 1. The second-order valence-electron chi connectivity index (χ2n) is 5.76. The molecule has 8 nitrogen and oxygen atoms in total. The van der Waals surface area contributed by atoms with Gasteiger partial charge < -0.3 is 15.0 Å². The Labute approximate surface area is 153 Å². The van der Waals surface area contributed by atoms with E-state index in [1.54, 1.807) is 6.92 Å². The Morgan fingerprint density at radius 1 is 1.41 bits per heavy atom. The molecule has 150 valence electrons. The van der Waals surface area contributed by atoms with E-state index < -0.39 is 44.0 Å². The number of hydrogen-bond donors (Lipinski definition) is 1. The van der Waals surface area contributed by atoms with Gasteiger partial charge in [-0.05, 0) is 31.9 Å². The fraction of sp³-hybridized carbons (Fsp3) is 0.533. The zero-order valence-corrected chi connectivity index (χ0v) is 15.1. The molecule has 1 saturated heterocycles. The van der Waals surface area contributed by atoms with E-state index >= 15 is 0 Å². The minimum absolute atomic E-state index is 0.0120. The zero-order chi connectivity index (χ0) is 20.2. The average Bonchev–Trinajstić information content (AvgIpc) is 2.60. The summed E-state index contributed by atoms with van der Waals surface area (Å²) in [4.78, 5) is 28.6. The topological polar surface area (TPSA) is 106 Å². The summed E-state index contributed by atoms with van der Waals surface area (Å²) in [5.74, 6) is -0.902. The lowest BCUT2D eigenvalue weighted by atomic mass is 10.0. The maximum Gasteiger partial charge on any atom is 0.503 e. The first kappa shape index (κ1) is 20.9. The third-order valence-corrected chi connectivity index (χ3v) is 5.31. The molecule has 2 rings (SSSR count). The molecule has 12 heteroatoms. The molecule has 0 aliphatic carbocycles. The summed E-state index contributed by atoms with van der Waals surface area (Å²) in [5.41, 5.74) is -6.24. The first-order chi connectivity index (χ1) is 12.6. The summed E-state index contributed by atoms with van der Waals surface area (Å²) in [5, 5.41) is 1.23. The quantitative estimate of drug-likeness (QED) is 0.812. The molecule has 1 aliphatic rings. The summed E-state index contributed by atoms with van der Waals surface area (Å²) in [6, 6.07) is 1.71. The van der Waals surface area contributed by atoms with Gasteiger partial charge in [-0.25, -0.2) is 18.2 Å². The molecular weight excluding hydrogens is 391 g/mol. The van der Waals surface area contributed by atoms with E-state index in [-0.39, 0.29) is 19.7 Å². The number of sulfone groups is 1. The lowest BCUT2D eigenvalue weighted by molar-refractivity contribution is -0.0438. The van der Waals surface area contributed by atoms with Crippen molar-refractivity contribution in [2.75, 3.05) is 19.7 Å². The highest BCUT2D eigenvalue weighted by Crippen LogP contribution is 2.31. The van der Waals surface area contributed by atoms with E-state index in [2.05, 4.69) is 10.3 Å². The fourth-order valence-corrected chi connectivity index (χ4v) is 3.53. The summed E-state index contributed by atoms with van der Waals surface area (Å²) >= 11 is 0. The molecule has 1 aliphatic heterocycles. The van der Waals surface area contributed by atoms with Crippen LogP contribution in [-0.2, 0) is 14.6 Å². The number of hydrogen-bond acceptors (Lipinski definition) is 6. The van der Waals surface area contributed by atoms with E-state index in [9.17, 15) is 31.2 Å². The molecule has 1 aromatic heterocycles. The monoisotopic (exact) mass is 409 g/mol. The van der Waals surface area contributed by atoms with Crippen LogP contribution in [0, 0.1) is 0 Å². The van der Waals surface area contributed by atoms with Crippen LogP contribution in [0.3, 0.4) is 0 Å². The molecule has 1 unspecified atom stereocenters. The summed E-state index contributed by atoms with van der Waals surface area (Å²) in [7, 11) is -5.78. The minimum Gasteiger partial charge on any atom is -0.450 e. The number of nitrogens with zero attached hydrogens (tertiary/aromatic N) is 2. The van der Waals surface area contributed by atoms with Gasteiger partial charge in [0.05, 0.1) is 12.2 Å². The number of halogens is 3. The fourth-order valence-electron chi connectivity index (χ4n) is 2.67. The molecule has 0 spiro atoms. The summed E-state index contributed by atoms with van der Waals surface area (Å²) in [6.07, 6.45) is 1.23. The number of pyridine rings is 1. The van der Waals surface area contributed by atoms with Gasteiger partial charge in [-0.2, -0.15) is 13.2 Å². The van der Waals surface area contributed by atoms with Crippen molar-refractivity contribution in [1.82, 2.24) is 15.2 Å². The number of carbonyl (C=O) groups excluding carboxylic acids is 2. The molecule has 0 radical (unpaired) electrons. The van der Waals surface area contributed by atoms with Crippen molar-refractivity contribution in [3.63, 3.8) is 0 Å². The van der Waals surface area contributed by atoms with Gasteiger partial charge >= 0.3 is 11.6 Å². The number of alkyl halides is 3. The molecule has 0 saturated carbocycles. The minimum atomic E-state index is -5.78. The standard InChI is InChI=1S/C15H18F3N3O5S/c1-2-26-14(23)20-10-5-4-8-21(9-10)13(22)11-6-3-7-19-12(11)27(24,25)15(16,17)18/h3,6-7,10H,2,4-5,8-9H2,1H3,(H,20,23). The van der Waals surface area contributed by atoms with E-state index in [0.29, 0.717) is 12.8 Å². The predicted octanol–water partition coefficient (Wildman–Crippen LogP) is 1.73. The largest absolute Gasteiger partial charge is 0.503 e. The van der Waals surface area contributed by atoms with Crippen LogP contribution < -0.4 is 5.32 Å². The van der Waals surface area contributed by atoms with E-state index in [0.717, 1.165) is 12.3 Å². The van der Waals surface area contributed by atoms with Crippen LogP contribution in [0.2, 0.25) is 0 Å². The summed E-state index contributed by atoms with van der Waals surface area (Å²) in [6.45, 7) is 2.01. The van der Waals surface area contributed by atoms with Gasteiger partial charge in [0, 0.05) is 25.3 Å². The number of rotatable bonds is 4. The number of amides is 2. The Kier molecular flexibility index (Phi) is 6.29. The second kappa shape index (κ2) is 8.11. The average molecular weight is 409 g/mol. The third kappa shape index (κ3) is 4.67. The number of likely N-dealkylation sites (tertiary alicyclic amines) is 1. The number of piperidine rings is 1. The van der Waals surface area contributed by atoms with Crippen molar-refractivity contribution in [2.45, 2.75) is 36.3 Å². The Morgan fingerprint density at radius 3 is 2.74 bits per heavy atom. The van der Waals surface area contributed by atoms with Gasteiger partial charge in [0.2, 0.25) is 0 Å². The number of aromatic nitrogens is 1. The number of alkyl carbamates (subject to hydrolysis) is 1. The van der Waals surface area contributed by atoms with Crippen LogP contribution >= 0.6 is 0 Å². The van der Waals surface area contributed by atoms with Gasteiger partial charge in [-0.15, -0.1) is 0 Å². The van der Waals surface area contributed by atoms with Gasteiger partial charge in [-0.1, -0.05) is 0 Å². The van der Waals surface area contributed by atoms with Crippen molar-refractivity contribution < 1.29 is 35.9 Å². The normalized spacial score (nSPS) is 18.1. The molecule has 1 atom stereocenters. The lowest BCUT2D eigenvalue weighted by Gasteiger charge is -2.33. The van der Waals surface area contributed by atoms with Crippen molar-refractivity contribution in [3.8, 4) is 0 Å².